The van der Waals surface area contributed by atoms with E-state index in [9.17, 15) is 5.11 Å². The minimum atomic E-state index is -0.248. The number of halogens is 1. The van der Waals surface area contributed by atoms with Gasteiger partial charge in [0.25, 0.3) is 0 Å². The smallest absolute Gasteiger partial charge is 0.133 e. The molecule has 1 fully saturated rings. The van der Waals surface area contributed by atoms with E-state index in [0.29, 0.717) is 6.42 Å². The topological polar surface area (TPSA) is 29.5 Å². The molecule has 2 unspecified atom stereocenters. The first-order valence-corrected chi connectivity index (χ1v) is 6.31. The van der Waals surface area contributed by atoms with Gasteiger partial charge in [-0.1, -0.05) is 19.9 Å². The second-order valence-corrected chi connectivity index (χ2v) is 5.97. The van der Waals surface area contributed by atoms with E-state index in [4.69, 9.17) is 4.74 Å². The Morgan fingerprint density at radius 1 is 1.44 bits per heavy atom. The van der Waals surface area contributed by atoms with Crippen molar-refractivity contribution in [2.24, 2.45) is 5.41 Å². The van der Waals surface area contributed by atoms with E-state index < -0.39 is 0 Å². The number of aryl methyl sites for hydroxylation is 1. The number of benzene rings is 1. The Bertz CT molecular complexity index is 401. The normalized spacial score (nSPS) is 27.3. The third-order valence-electron chi connectivity index (χ3n) is 3.48. The van der Waals surface area contributed by atoms with Gasteiger partial charge < -0.3 is 9.84 Å². The molecule has 1 aromatic rings. The third kappa shape index (κ3) is 1.98. The molecular formula is C13H17BrO2. The maximum atomic E-state index is 9.65. The zero-order chi connectivity index (χ0) is 11.9. The van der Waals surface area contributed by atoms with Crippen LogP contribution < -0.4 is 4.74 Å². The molecule has 0 heterocycles. The van der Waals surface area contributed by atoms with E-state index >= 15 is 0 Å². The van der Waals surface area contributed by atoms with Crippen LogP contribution in [0, 0.1) is 12.3 Å². The van der Waals surface area contributed by atoms with Crippen molar-refractivity contribution >= 4 is 15.9 Å². The van der Waals surface area contributed by atoms with Crippen molar-refractivity contribution in [3.05, 3.63) is 28.2 Å². The summed E-state index contributed by atoms with van der Waals surface area (Å²) in [5.41, 5.74) is 1.05. The Morgan fingerprint density at radius 2 is 2.12 bits per heavy atom. The zero-order valence-electron chi connectivity index (χ0n) is 9.83. The van der Waals surface area contributed by atoms with Crippen molar-refractivity contribution in [1.29, 1.82) is 0 Å². The van der Waals surface area contributed by atoms with Gasteiger partial charge in [-0.2, -0.15) is 0 Å². The lowest BCUT2D eigenvalue weighted by Crippen LogP contribution is -2.56. The van der Waals surface area contributed by atoms with E-state index in [1.165, 1.54) is 5.56 Å². The van der Waals surface area contributed by atoms with Gasteiger partial charge >= 0.3 is 0 Å². The molecule has 1 aliphatic carbocycles. The van der Waals surface area contributed by atoms with Gasteiger partial charge in [-0.25, -0.2) is 0 Å². The Hall–Kier alpha value is -0.540. The summed E-state index contributed by atoms with van der Waals surface area (Å²) in [5.74, 6) is 0.857. The molecule has 0 aromatic heterocycles. The molecule has 1 N–H and O–H groups in total. The average Bonchev–Trinajstić information content (AvgIpc) is 2.21. The molecule has 0 amide bonds. The van der Waals surface area contributed by atoms with Gasteiger partial charge in [-0.05, 0) is 40.5 Å². The number of hydrogen-bond acceptors (Lipinski definition) is 2. The molecule has 1 aliphatic rings. The molecule has 2 atom stereocenters. The number of rotatable bonds is 2. The molecule has 1 aromatic carbocycles. The molecule has 0 radical (unpaired) electrons. The summed E-state index contributed by atoms with van der Waals surface area (Å²) in [6.07, 6.45) is 0.566. The summed E-state index contributed by atoms with van der Waals surface area (Å²) in [7, 11) is 0. The van der Waals surface area contributed by atoms with Crippen LogP contribution in [0.3, 0.4) is 0 Å². The van der Waals surface area contributed by atoms with E-state index in [1.54, 1.807) is 0 Å². The fraction of sp³-hybridized carbons (Fsp3) is 0.538. The minimum absolute atomic E-state index is 0.0986. The summed E-state index contributed by atoms with van der Waals surface area (Å²) in [6, 6.07) is 6.04. The monoisotopic (exact) mass is 284 g/mol. The molecule has 0 spiro atoms. The van der Waals surface area contributed by atoms with E-state index in [-0.39, 0.29) is 17.6 Å². The van der Waals surface area contributed by atoms with E-state index in [0.717, 1.165) is 10.2 Å². The SMILES string of the molecule is Cc1ccc(OC2CC(O)C2(C)C)c(Br)c1. The minimum Gasteiger partial charge on any atom is -0.488 e. The molecular weight excluding hydrogens is 268 g/mol. The van der Waals surface area contributed by atoms with Crippen LogP contribution in [-0.2, 0) is 0 Å². The largest absolute Gasteiger partial charge is 0.488 e. The Balaban J connectivity index is 2.11. The van der Waals surface area contributed by atoms with Crippen molar-refractivity contribution in [3.63, 3.8) is 0 Å². The number of ether oxygens (including phenoxy) is 1. The maximum Gasteiger partial charge on any atom is 0.133 e. The Kier molecular flexibility index (Phi) is 3.01. The summed E-state index contributed by atoms with van der Waals surface area (Å²) in [5, 5.41) is 9.65. The standard InChI is InChI=1S/C13H17BrO2/c1-8-4-5-10(9(14)6-8)16-12-7-11(15)13(12,2)3/h4-6,11-12,15H,7H2,1-3H3. The lowest BCUT2D eigenvalue weighted by atomic mass is 9.66. The van der Waals surface area contributed by atoms with Crippen LogP contribution in [0.5, 0.6) is 5.75 Å². The van der Waals surface area contributed by atoms with Gasteiger partial charge in [0.15, 0.2) is 0 Å². The molecule has 0 aliphatic heterocycles. The summed E-state index contributed by atoms with van der Waals surface area (Å²) in [6.45, 7) is 6.12. The number of aliphatic hydroxyl groups excluding tert-OH is 1. The van der Waals surface area contributed by atoms with Crippen molar-refractivity contribution in [3.8, 4) is 5.75 Å². The molecule has 0 bridgehead atoms. The Morgan fingerprint density at radius 3 is 2.62 bits per heavy atom. The maximum absolute atomic E-state index is 9.65. The average molecular weight is 285 g/mol. The highest BCUT2D eigenvalue weighted by Crippen LogP contribution is 2.43. The van der Waals surface area contributed by atoms with Crippen molar-refractivity contribution in [1.82, 2.24) is 0 Å². The second-order valence-electron chi connectivity index (χ2n) is 5.11. The van der Waals surface area contributed by atoms with Gasteiger partial charge in [-0.15, -0.1) is 0 Å². The number of aliphatic hydroxyl groups is 1. The molecule has 1 saturated carbocycles. The van der Waals surface area contributed by atoms with Gasteiger partial charge in [0.1, 0.15) is 11.9 Å². The van der Waals surface area contributed by atoms with Crippen molar-refractivity contribution in [2.75, 3.05) is 0 Å². The van der Waals surface area contributed by atoms with Crippen LogP contribution in [-0.4, -0.2) is 17.3 Å². The predicted molar refractivity (Wildman–Crippen MR) is 67.7 cm³/mol. The van der Waals surface area contributed by atoms with Crippen LogP contribution in [0.15, 0.2) is 22.7 Å². The molecule has 88 valence electrons. The van der Waals surface area contributed by atoms with Crippen LogP contribution in [0.25, 0.3) is 0 Å². The second kappa shape index (κ2) is 4.04. The first-order valence-electron chi connectivity index (χ1n) is 5.52. The van der Waals surface area contributed by atoms with Crippen LogP contribution in [0.1, 0.15) is 25.8 Å². The van der Waals surface area contributed by atoms with Crippen molar-refractivity contribution in [2.45, 2.75) is 39.4 Å². The Labute approximate surface area is 105 Å². The highest BCUT2D eigenvalue weighted by molar-refractivity contribution is 9.10. The summed E-state index contributed by atoms with van der Waals surface area (Å²) in [4.78, 5) is 0. The highest BCUT2D eigenvalue weighted by Gasteiger charge is 2.49. The van der Waals surface area contributed by atoms with Crippen LogP contribution in [0.4, 0.5) is 0 Å². The first-order chi connectivity index (χ1) is 7.41. The third-order valence-corrected chi connectivity index (χ3v) is 4.10. The van der Waals surface area contributed by atoms with Gasteiger partial charge in [-0.3, -0.25) is 0 Å². The fourth-order valence-electron chi connectivity index (χ4n) is 1.92. The van der Waals surface area contributed by atoms with Gasteiger partial charge in [0.2, 0.25) is 0 Å². The first kappa shape index (κ1) is 11.9. The van der Waals surface area contributed by atoms with Crippen LogP contribution in [0.2, 0.25) is 0 Å². The zero-order valence-corrected chi connectivity index (χ0v) is 11.4. The molecule has 16 heavy (non-hydrogen) atoms. The summed E-state index contributed by atoms with van der Waals surface area (Å²) < 4.78 is 6.89. The molecule has 2 rings (SSSR count). The summed E-state index contributed by atoms with van der Waals surface area (Å²) >= 11 is 3.49. The predicted octanol–water partition coefficient (Wildman–Crippen LogP) is 3.30. The van der Waals surface area contributed by atoms with Gasteiger partial charge in [0.05, 0.1) is 10.6 Å². The van der Waals surface area contributed by atoms with Crippen molar-refractivity contribution < 1.29 is 9.84 Å². The number of hydrogen-bond donors (Lipinski definition) is 1. The molecule has 2 nitrogen and oxygen atoms in total. The van der Waals surface area contributed by atoms with E-state index in [1.807, 2.05) is 39.0 Å². The fourth-order valence-corrected chi connectivity index (χ4v) is 2.51. The highest BCUT2D eigenvalue weighted by atomic mass is 79.9. The lowest BCUT2D eigenvalue weighted by molar-refractivity contribution is -0.134. The molecule has 0 saturated heterocycles. The lowest BCUT2D eigenvalue weighted by Gasteiger charge is -2.48. The molecule has 3 heteroatoms. The quantitative estimate of drug-likeness (QED) is 0.903. The van der Waals surface area contributed by atoms with E-state index in [2.05, 4.69) is 15.9 Å². The van der Waals surface area contributed by atoms with Gasteiger partial charge in [0, 0.05) is 11.8 Å². The van der Waals surface area contributed by atoms with Crippen LogP contribution >= 0.6 is 15.9 Å².